The molecule has 3 unspecified atom stereocenters. The largest absolute Gasteiger partial charge is 0.130 e. The van der Waals surface area contributed by atoms with Gasteiger partial charge in [-0.05, 0) is 40.3 Å². The Labute approximate surface area is 104 Å². The summed E-state index contributed by atoms with van der Waals surface area (Å²) in [5.41, 5.74) is 0. The first kappa shape index (κ1) is 10.5. The van der Waals surface area contributed by atoms with Gasteiger partial charge in [-0.3, -0.25) is 0 Å². The third-order valence-corrected chi connectivity index (χ3v) is 6.52. The summed E-state index contributed by atoms with van der Waals surface area (Å²) in [6.45, 7) is 2.29. The molecule has 1 saturated carbocycles. The molecule has 0 aliphatic heterocycles. The van der Waals surface area contributed by atoms with Crippen molar-refractivity contribution >= 4 is 54.8 Å². The van der Waals surface area contributed by atoms with Crippen LogP contribution in [0.4, 0.5) is 0 Å². The van der Waals surface area contributed by atoms with Crippen molar-refractivity contribution in [1.82, 2.24) is 0 Å². The van der Waals surface area contributed by atoms with E-state index in [4.69, 9.17) is 11.6 Å². The Balaban J connectivity index is 2.16. The van der Waals surface area contributed by atoms with Crippen LogP contribution in [-0.4, -0.2) is 0 Å². The average molecular weight is 344 g/mol. The topological polar surface area (TPSA) is 0 Å². The van der Waals surface area contributed by atoms with Gasteiger partial charge < -0.3 is 0 Å². The molecule has 0 nitrogen and oxygen atoms in total. The number of hydrogen-bond donors (Lipinski definition) is 0. The van der Waals surface area contributed by atoms with Crippen LogP contribution in [0.2, 0.25) is 5.02 Å². The molecule has 2 rings (SSSR count). The summed E-state index contributed by atoms with van der Waals surface area (Å²) < 4.78 is 1.04. The zero-order valence-electron chi connectivity index (χ0n) is 7.06. The highest BCUT2D eigenvalue weighted by Crippen LogP contribution is 2.53. The fraction of sp³-hybridized carbons (Fsp3) is 0.556. The molecule has 0 spiro atoms. The van der Waals surface area contributed by atoms with Gasteiger partial charge >= 0.3 is 0 Å². The Bertz CT molecular complexity index is 304. The minimum atomic E-state index is 0.497. The van der Waals surface area contributed by atoms with E-state index in [2.05, 4.69) is 44.8 Å². The smallest absolute Gasteiger partial charge is 0.0887 e. The molecule has 13 heavy (non-hydrogen) atoms. The van der Waals surface area contributed by atoms with E-state index in [0.29, 0.717) is 4.83 Å². The molecule has 72 valence electrons. The SMILES string of the molecule is CC1CC1C(Br)c1cc(Cl)c(Br)s1. The standard InChI is InChI=1S/C9H9Br2ClS/c1-4-2-5(4)8(10)7-3-6(12)9(11)13-7/h3-5,8H,2H2,1H3. The van der Waals surface area contributed by atoms with Crippen molar-refractivity contribution < 1.29 is 0 Å². The van der Waals surface area contributed by atoms with Crippen LogP contribution < -0.4 is 0 Å². The summed E-state index contributed by atoms with van der Waals surface area (Å²) in [6, 6.07) is 2.06. The molecular formula is C9H9Br2ClS. The van der Waals surface area contributed by atoms with E-state index in [1.807, 2.05) is 0 Å². The van der Waals surface area contributed by atoms with E-state index < -0.39 is 0 Å². The van der Waals surface area contributed by atoms with Crippen LogP contribution in [0, 0.1) is 11.8 Å². The van der Waals surface area contributed by atoms with E-state index in [1.165, 1.54) is 11.3 Å². The maximum atomic E-state index is 5.98. The molecular weight excluding hydrogens is 335 g/mol. The van der Waals surface area contributed by atoms with Crippen LogP contribution in [0.25, 0.3) is 0 Å². The number of hydrogen-bond acceptors (Lipinski definition) is 1. The summed E-state index contributed by atoms with van der Waals surface area (Å²) in [5, 5.41) is 0.831. The van der Waals surface area contributed by atoms with Crippen molar-refractivity contribution in [3.05, 3.63) is 19.8 Å². The normalized spacial score (nSPS) is 28.9. The number of rotatable bonds is 2. The van der Waals surface area contributed by atoms with Crippen molar-refractivity contribution in [2.45, 2.75) is 18.2 Å². The first-order chi connectivity index (χ1) is 6.09. The predicted octanol–water partition coefficient (Wildman–Crippen LogP) is 5.26. The number of thiophene rings is 1. The van der Waals surface area contributed by atoms with E-state index in [0.717, 1.165) is 20.6 Å². The van der Waals surface area contributed by atoms with Gasteiger partial charge in [0.2, 0.25) is 0 Å². The summed E-state index contributed by atoms with van der Waals surface area (Å²) in [7, 11) is 0. The summed E-state index contributed by atoms with van der Waals surface area (Å²) >= 11 is 14.9. The molecule has 0 aromatic carbocycles. The maximum Gasteiger partial charge on any atom is 0.0887 e. The Morgan fingerprint density at radius 1 is 1.69 bits per heavy atom. The second-order valence-corrected chi connectivity index (χ2v) is 7.34. The lowest BCUT2D eigenvalue weighted by Gasteiger charge is -2.04. The number of alkyl halides is 1. The molecule has 1 aliphatic rings. The lowest BCUT2D eigenvalue weighted by Crippen LogP contribution is -1.89. The molecule has 3 atom stereocenters. The van der Waals surface area contributed by atoms with Crippen LogP contribution in [0.15, 0.2) is 9.85 Å². The monoisotopic (exact) mass is 342 g/mol. The van der Waals surface area contributed by atoms with Crippen molar-refractivity contribution in [1.29, 1.82) is 0 Å². The van der Waals surface area contributed by atoms with Crippen molar-refractivity contribution in [2.24, 2.45) is 11.8 Å². The molecule has 4 heteroatoms. The highest BCUT2D eigenvalue weighted by atomic mass is 79.9. The minimum Gasteiger partial charge on any atom is -0.130 e. The average Bonchev–Trinajstić information content (AvgIpc) is 2.70. The highest BCUT2D eigenvalue weighted by molar-refractivity contribution is 9.11. The van der Waals surface area contributed by atoms with Crippen LogP contribution in [0.1, 0.15) is 23.0 Å². The molecule has 0 saturated heterocycles. The quantitative estimate of drug-likeness (QED) is 0.642. The molecule has 1 aromatic heterocycles. The van der Waals surface area contributed by atoms with Gasteiger partial charge in [-0.2, -0.15) is 0 Å². The number of halogens is 3. The Kier molecular flexibility index (Phi) is 3.09. The fourth-order valence-electron chi connectivity index (χ4n) is 1.47. The van der Waals surface area contributed by atoms with Crippen LogP contribution >= 0.6 is 54.8 Å². The van der Waals surface area contributed by atoms with Crippen molar-refractivity contribution in [3.8, 4) is 0 Å². The van der Waals surface area contributed by atoms with E-state index >= 15 is 0 Å². The third-order valence-electron chi connectivity index (χ3n) is 2.48. The molecule has 1 heterocycles. The van der Waals surface area contributed by atoms with Gasteiger partial charge in [0.05, 0.1) is 13.6 Å². The van der Waals surface area contributed by atoms with Crippen molar-refractivity contribution in [3.63, 3.8) is 0 Å². The van der Waals surface area contributed by atoms with E-state index in [-0.39, 0.29) is 0 Å². The summed E-state index contributed by atoms with van der Waals surface area (Å²) in [4.78, 5) is 1.84. The fourth-order valence-corrected chi connectivity index (χ4v) is 4.42. The second kappa shape index (κ2) is 3.84. The molecule has 0 N–H and O–H groups in total. The van der Waals surface area contributed by atoms with E-state index in [9.17, 15) is 0 Å². The Hall–Kier alpha value is 0.950. The first-order valence-electron chi connectivity index (χ1n) is 4.18. The molecule has 1 aliphatic carbocycles. The summed E-state index contributed by atoms with van der Waals surface area (Å²) in [6.07, 6.45) is 1.34. The molecule has 0 radical (unpaired) electrons. The lowest BCUT2D eigenvalue weighted by atomic mass is 10.2. The van der Waals surface area contributed by atoms with Gasteiger partial charge in [-0.1, -0.05) is 34.5 Å². The zero-order chi connectivity index (χ0) is 9.59. The third kappa shape index (κ3) is 2.14. The van der Waals surface area contributed by atoms with Crippen molar-refractivity contribution in [2.75, 3.05) is 0 Å². The molecule has 1 fully saturated rings. The molecule has 1 aromatic rings. The second-order valence-electron chi connectivity index (χ2n) is 3.55. The molecule has 0 amide bonds. The van der Waals surface area contributed by atoms with Gasteiger partial charge in [0.25, 0.3) is 0 Å². The van der Waals surface area contributed by atoms with Crippen LogP contribution in [-0.2, 0) is 0 Å². The zero-order valence-corrected chi connectivity index (χ0v) is 11.8. The minimum absolute atomic E-state index is 0.497. The Morgan fingerprint density at radius 2 is 2.31 bits per heavy atom. The van der Waals surface area contributed by atoms with Crippen LogP contribution in [0.3, 0.4) is 0 Å². The van der Waals surface area contributed by atoms with Crippen LogP contribution in [0.5, 0.6) is 0 Å². The summed E-state index contributed by atoms with van der Waals surface area (Å²) in [5.74, 6) is 1.67. The Morgan fingerprint density at radius 3 is 2.69 bits per heavy atom. The van der Waals surface area contributed by atoms with Gasteiger partial charge in [0, 0.05) is 4.88 Å². The maximum absolute atomic E-state index is 5.98. The predicted molar refractivity (Wildman–Crippen MR) is 66.0 cm³/mol. The highest BCUT2D eigenvalue weighted by Gasteiger charge is 2.39. The first-order valence-corrected chi connectivity index (χ1v) is 7.08. The van der Waals surface area contributed by atoms with E-state index in [1.54, 1.807) is 11.3 Å². The van der Waals surface area contributed by atoms with Gasteiger partial charge in [0.1, 0.15) is 0 Å². The van der Waals surface area contributed by atoms with Gasteiger partial charge in [0.15, 0.2) is 0 Å². The lowest BCUT2D eigenvalue weighted by molar-refractivity contribution is 0.749. The molecule has 0 bridgehead atoms. The van der Waals surface area contributed by atoms with Gasteiger partial charge in [-0.15, -0.1) is 11.3 Å². The van der Waals surface area contributed by atoms with Gasteiger partial charge in [-0.25, -0.2) is 0 Å².